The van der Waals surface area contributed by atoms with E-state index in [9.17, 15) is 0 Å². The Kier molecular flexibility index (Phi) is 5.33. The van der Waals surface area contributed by atoms with E-state index < -0.39 is 0 Å². The van der Waals surface area contributed by atoms with E-state index in [1.54, 1.807) is 18.6 Å². The van der Waals surface area contributed by atoms with Gasteiger partial charge in [-0.15, -0.1) is 0 Å². The van der Waals surface area contributed by atoms with E-state index in [2.05, 4.69) is 16.5 Å². The van der Waals surface area contributed by atoms with E-state index in [0.29, 0.717) is 15.1 Å². The number of halogens is 3. The third-order valence-electron chi connectivity index (χ3n) is 3.41. The Hall–Kier alpha value is -0.740. The van der Waals surface area contributed by atoms with Gasteiger partial charge in [0.2, 0.25) is 0 Å². The molecule has 2 unspecified atom stereocenters. The van der Waals surface area contributed by atoms with Gasteiger partial charge >= 0.3 is 0 Å². The highest BCUT2D eigenvalue weighted by atomic mass is 35.5. The molecule has 0 saturated heterocycles. The number of rotatable bonds is 5. The molecule has 0 fully saturated rings. The molecule has 2 atom stereocenters. The van der Waals surface area contributed by atoms with Crippen molar-refractivity contribution in [2.45, 2.75) is 31.8 Å². The molecule has 0 saturated carbocycles. The molecule has 0 spiro atoms. The Morgan fingerprint density at radius 2 is 2.00 bits per heavy atom. The van der Waals surface area contributed by atoms with Crippen molar-refractivity contribution in [2.24, 2.45) is 5.73 Å². The van der Waals surface area contributed by atoms with Gasteiger partial charge in [-0.1, -0.05) is 47.8 Å². The normalized spacial score (nSPS) is 14.2. The second-order valence-electron chi connectivity index (χ2n) is 4.68. The second-order valence-corrected chi connectivity index (χ2v) is 5.84. The van der Waals surface area contributed by atoms with Crippen molar-refractivity contribution in [1.29, 1.82) is 0 Å². The van der Waals surface area contributed by atoms with Gasteiger partial charge in [0.05, 0.1) is 21.4 Å². The van der Waals surface area contributed by atoms with Crippen molar-refractivity contribution < 1.29 is 0 Å². The molecule has 2 N–H and O–H groups in total. The minimum atomic E-state index is -0.204. The predicted molar refractivity (Wildman–Crippen MR) is 84.6 cm³/mol. The molecule has 1 aromatic carbocycles. The Balaban J connectivity index is 2.19. The second kappa shape index (κ2) is 6.81. The standard InChI is InChI=1S/C14H16Cl3N3/c1-2-9(20-6-5-19-8-20)7-12(18)10-3-4-11(15)14(17)13(10)16/h3-6,8-9,12H,2,7,18H2,1H3. The largest absolute Gasteiger partial charge is 0.334 e. The fourth-order valence-corrected chi connectivity index (χ4v) is 2.91. The molecular formula is C14H16Cl3N3. The number of hydrogen-bond acceptors (Lipinski definition) is 2. The van der Waals surface area contributed by atoms with Crippen LogP contribution in [0.2, 0.25) is 15.1 Å². The topological polar surface area (TPSA) is 43.8 Å². The minimum absolute atomic E-state index is 0.204. The van der Waals surface area contributed by atoms with Crippen LogP contribution in [0.3, 0.4) is 0 Å². The van der Waals surface area contributed by atoms with Crippen LogP contribution in [0.4, 0.5) is 0 Å². The van der Waals surface area contributed by atoms with Crippen molar-refractivity contribution >= 4 is 34.8 Å². The molecule has 1 aromatic heterocycles. The van der Waals surface area contributed by atoms with Crippen LogP contribution >= 0.6 is 34.8 Å². The number of nitrogens with zero attached hydrogens (tertiary/aromatic N) is 2. The Bertz CT molecular complexity index is 569. The fourth-order valence-electron chi connectivity index (χ4n) is 2.23. The fraction of sp³-hybridized carbons (Fsp3) is 0.357. The van der Waals surface area contributed by atoms with E-state index >= 15 is 0 Å². The maximum absolute atomic E-state index is 6.28. The number of aromatic nitrogens is 2. The molecule has 1 heterocycles. The molecule has 3 nitrogen and oxygen atoms in total. The average Bonchev–Trinajstić information content (AvgIpc) is 2.96. The number of hydrogen-bond donors (Lipinski definition) is 1. The van der Waals surface area contributed by atoms with Crippen LogP contribution in [0.1, 0.15) is 37.4 Å². The van der Waals surface area contributed by atoms with E-state index in [1.807, 2.05) is 12.3 Å². The average molecular weight is 333 g/mol. The molecule has 0 amide bonds. The van der Waals surface area contributed by atoms with Crippen LogP contribution in [0.25, 0.3) is 0 Å². The summed E-state index contributed by atoms with van der Waals surface area (Å²) in [6, 6.07) is 3.63. The van der Waals surface area contributed by atoms with Crippen LogP contribution in [-0.2, 0) is 0 Å². The highest BCUT2D eigenvalue weighted by Gasteiger charge is 2.19. The molecule has 0 aliphatic heterocycles. The van der Waals surface area contributed by atoms with Gasteiger partial charge in [-0.3, -0.25) is 0 Å². The zero-order valence-electron chi connectivity index (χ0n) is 11.1. The summed E-state index contributed by atoms with van der Waals surface area (Å²) in [5.41, 5.74) is 7.10. The summed E-state index contributed by atoms with van der Waals surface area (Å²) >= 11 is 18.2. The molecule has 0 aliphatic rings. The maximum atomic E-state index is 6.28. The summed E-state index contributed by atoms with van der Waals surface area (Å²) in [4.78, 5) is 4.07. The van der Waals surface area contributed by atoms with Gasteiger partial charge in [-0.05, 0) is 24.5 Å². The van der Waals surface area contributed by atoms with Crippen LogP contribution in [-0.4, -0.2) is 9.55 Å². The van der Waals surface area contributed by atoms with Gasteiger partial charge in [-0.2, -0.15) is 0 Å². The molecule has 2 rings (SSSR count). The van der Waals surface area contributed by atoms with E-state index in [0.717, 1.165) is 18.4 Å². The van der Waals surface area contributed by atoms with Gasteiger partial charge in [-0.25, -0.2) is 4.98 Å². The number of benzene rings is 1. The van der Waals surface area contributed by atoms with Gasteiger partial charge in [0.1, 0.15) is 0 Å². The molecule has 0 aliphatic carbocycles. The maximum Gasteiger partial charge on any atom is 0.0948 e. The zero-order chi connectivity index (χ0) is 14.7. The summed E-state index contributed by atoms with van der Waals surface area (Å²) in [7, 11) is 0. The number of nitrogens with two attached hydrogens (primary N) is 1. The third-order valence-corrected chi connectivity index (χ3v) is 4.72. The van der Waals surface area contributed by atoms with Crippen molar-refractivity contribution in [3.63, 3.8) is 0 Å². The van der Waals surface area contributed by atoms with Crippen LogP contribution in [0.5, 0.6) is 0 Å². The first-order chi connectivity index (χ1) is 9.54. The lowest BCUT2D eigenvalue weighted by atomic mass is 9.98. The monoisotopic (exact) mass is 331 g/mol. The van der Waals surface area contributed by atoms with Crippen LogP contribution in [0.15, 0.2) is 30.9 Å². The molecular weight excluding hydrogens is 317 g/mol. The summed E-state index contributed by atoms with van der Waals surface area (Å²) in [6.45, 7) is 2.12. The Morgan fingerprint density at radius 3 is 2.60 bits per heavy atom. The van der Waals surface area contributed by atoms with Crippen molar-refractivity contribution in [3.8, 4) is 0 Å². The summed E-state index contributed by atoms with van der Waals surface area (Å²) in [6.07, 6.45) is 7.22. The smallest absolute Gasteiger partial charge is 0.0948 e. The summed E-state index contributed by atoms with van der Waals surface area (Å²) in [5.74, 6) is 0. The lowest BCUT2D eigenvalue weighted by molar-refractivity contribution is 0.414. The highest BCUT2D eigenvalue weighted by Crippen LogP contribution is 2.37. The van der Waals surface area contributed by atoms with E-state index in [1.165, 1.54) is 0 Å². The molecule has 0 radical (unpaired) electrons. The quantitative estimate of drug-likeness (QED) is 0.793. The highest BCUT2D eigenvalue weighted by molar-refractivity contribution is 6.48. The lowest BCUT2D eigenvalue weighted by Gasteiger charge is -2.22. The molecule has 0 bridgehead atoms. The molecule has 108 valence electrons. The molecule has 2 aromatic rings. The van der Waals surface area contributed by atoms with Crippen molar-refractivity contribution in [3.05, 3.63) is 51.5 Å². The Labute approximate surface area is 133 Å². The first-order valence-electron chi connectivity index (χ1n) is 6.41. The van der Waals surface area contributed by atoms with Gasteiger partial charge in [0.25, 0.3) is 0 Å². The zero-order valence-corrected chi connectivity index (χ0v) is 13.3. The molecule has 20 heavy (non-hydrogen) atoms. The van der Waals surface area contributed by atoms with Gasteiger partial charge in [0, 0.05) is 24.5 Å². The van der Waals surface area contributed by atoms with E-state index in [4.69, 9.17) is 40.5 Å². The Morgan fingerprint density at radius 1 is 1.25 bits per heavy atom. The summed E-state index contributed by atoms with van der Waals surface area (Å²) < 4.78 is 2.06. The first-order valence-corrected chi connectivity index (χ1v) is 7.54. The van der Waals surface area contributed by atoms with Crippen LogP contribution < -0.4 is 5.73 Å². The van der Waals surface area contributed by atoms with Crippen LogP contribution in [0, 0.1) is 0 Å². The van der Waals surface area contributed by atoms with Gasteiger partial charge in [0.15, 0.2) is 0 Å². The predicted octanol–water partition coefficient (Wildman–Crippen LogP) is 4.88. The lowest BCUT2D eigenvalue weighted by Crippen LogP contribution is -2.18. The third kappa shape index (κ3) is 3.29. The van der Waals surface area contributed by atoms with Crippen molar-refractivity contribution in [1.82, 2.24) is 9.55 Å². The van der Waals surface area contributed by atoms with Gasteiger partial charge < -0.3 is 10.3 Å². The molecule has 6 heteroatoms. The van der Waals surface area contributed by atoms with Crippen molar-refractivity contribution in [2.75, 3.05) is 0 Å². The number of imidazole rings is 1. The SMILES string of the molecule is CCC(CC(N)c1ccc(Cl)c(Cl)c1Cl)n1ccnc1. The first kappa shape index (κ1) is 15.6. The van der Waals surface area contributed by atoms with E-state index in [-0.39, 0.29) is 12.1 Å². The minimum Gasteiger partial charge on any atom is -0.334 e. The summed E-state index contributed by atoms with van der Waals surface area (Å²) in [5, 5.41) is 1.23.